The van der Waals surface area contributed by atoms with E-state index in [1.807, 2.05) is 13.2 Å². The van der Waals surface area contributed by atoms with Crippen molar-refractivity contribution in [2.24, 2.45) is 7.05 Å². The highest BCUT2D eigenvalue weighted by molar-refractivity contribution is 9.10. The average molecular weight is 326 g/mol. The van der Waals surface area contributed by atoms with Crippen LogP contribution in [-0.2, 0) is 13.6 Å². The van der Waals surface area contributed by atoms with Gasteiger partial charge in [-0.2, -0.15) is 5.10 Å². The highest BCUT2D eigenvalue weighted by atomic mass is 79.9. The molecule has 0 aliphatic carbocycles. The zero-order valence-electron chi connectivity index (χ0n) is 10.6. The first-order chi connectivity index (χ1) is 8.97. The van der Waals surface area contributed by atoms with Gasteiger partial charge in [0.15, 0.2) is 0 Å². The Morgan fingerprint density at radius 1 is 1.53 bits per heavy atom. The first-order valence-electron chi connectivity index (χ1n) is 5.65. The Kier molecular flexibility index (Phi) is 3.99. The van der Waals surface area contributed by atoms with Crippen LogP contribution in [0.2, 0.25) is 0 Å². The topological polar surface area (TPSA) is 38.1 Å². The maximum atomic E-state index is 13.2. The predicted molar refractivity (Wildman–Crippen MR) is 73.1 cm³/mol. The molecule has 6 heteroatoms. The first kappa shape index (κ1) is 13.7. The van der Waals surface area contributed by atoms with Crippen LogP contribution >= 0.6 is 15.9 Å². The lowest BCUT2D eigenvalue weighted by Gasteiger charge is -2.17. The molecule has 0 aliphatic heterocycles. The minimum Gasteiger partial charge on any atom is -0.337 e. The number of carbonyl (C=O) groups is 1. The second-order valence-corrected chi connectivity index (χ2v) is 5.16. The van der Waals surface area contributed by atoms with Crippen LogP contribution in [0, 0.1) is 5.82 Å². The van der Waals surface area contributed by atoms with Gasteiger partial charge >= 0.3 is 0 Å². The van der Waals surface area contributed by atoms with Crippen LogP contribution in [0.25, 0.3) is 0 Å². The van der Waals surface area contributed by atoms with Crippen molar-refractivity contribution in [3.8, 4) is 0 Å². The van der Waals surface area contributed by atoms with Gasteiger partial charge in [-0.15, -0.1) is 0 Å². The zero-order chi connectivity index (χ0) is 14.0. The molecule has 1 heterocycles. The summed E-state index contributed by atoms with van der Waals surface area (Å²) in [4.78, 5) is 13.8. The van der Waals surface area contributed by atoms with Crippen LogP contribution in [0.4, 0.5) is 4.39 Å². The van der Waals surface area contributed by atoms with Gasteiger partial charge in [0.2, 0.25) is 0 Å². The molecule has 0 spiro atoms. The minimum atomic E-state index is -0.429. The summed E-state index contributed by atoms with van der Waals surface area (Å²) in [5, 5.41) is 4.04. The molecule has 2 aromatic rings. The number of halogens is 2. The molecular formula is C13H13BrFN3O. The van der Waals surface area contributed by atoms with E-state index in [1.165, 1.54) is 23.1 Å². The number of hydrogen-bond donors (Lipinski definition) is 0. The highest BCUT2D eigenvalue weighted by Crippen LogP contribution is 2.20. The molecule has 1 aromatic carbocycles. The van der Waals surface area contributed by atoms with Crippen LogP contribution in [0.3, 0.4) is 0 Å². The quantitative estimate of drug-likeness (QED) is 0.870. The summed E-state index contributed by atoms with van der Waals surface area (Å²) in [6.07, 6.45) is 3.54. The lowest BCUT2D eigenvalue weighted by atomic mass is 10.2. The number of benzene rings is 1. The summed E-state index contributed by atoms with van der Waals surface area (Å²) in [5.41, 5.74) is 1.23. The van der Waals surface area contributed by atoms with Crippen molar-refractivity contribution in [2.45, 2.75) is 6.54 Å². The number of nitrogens with zero attached hydrogens (tertiary/aromatic N) is 3. The molecule has 2 rings (SSSR count). The van der Waals surface area contributed by atoms with Crippen molar-refractivity contribution in [1.82, 2.24) is 14.7 Å². The third-order valence-corrected chi connectivity index (χ3v) is 3.38. The van der Waals surface area contributed by atoms with Gasteiger partial charge in [0.1, 0.15) is 5.82 Å². The molecular weight excluding hydrogens is 313 g/mol. The third kappa shape index (κ3) is 3.20. The largest absolute Gasteiger partial charge is 0.337 e. The monoisotopic (exact) mass is 325 g/mol. The molecule has 0 aliphatic rings. The fourth-order valence-electron chi connectivity index (χ4n) is 1.77. The lowest BCUT2D eigenvalue weighted by molar-refractivity contribution is 0.0783. The Bertz CT molecular complexity index is 612. The molecule has 100 valence electrons. The van der Waals surface area contributed by atoms with E-state index in [1.54, 1.807) is 17.9 Å². The smallest absolute Gasteiger partial charge is 0.255 e. The fraction of sp³-hybridized carbons (Fsp3) is 0.231. The van der Waals surface area contributed by atoms with Crippen LogP contribution < -0.4 is 0 Å². The zero-order valence-corrected chi connectivity index (χ0v) is 12.2. The van der Waals surface area contributed by atoms with E-state index >= 15 is 0 Å². The molecule has 0 bridgehead atoms. The summed E-state index contributed by atoms with van der Waals surface area (Å²) in [7, 11) is 3.49. The van der Waals surface area contributed by atoms with Crippen LogP contribution in [0.5, 0.6) is 0 Å². The van der Waals surface area contributed by atoms with Crippen LogP contribution in [-0.4, -0.2) is 27.6 Å². The van der Waals surface area contributed by atoms with E-state index in [-0.39, 0.29) is 5.91 Å². The normalized spacial score (nSPS) is 10.5. The van der Waals surface area contributed by atoms with Gasteiger partial charge in [-0.25, -0.2) is 4.39 Å². The third-order valence-electron chi connectivity index (χ3n) is 2.68. The van der Waals surface area contributed by atoms with Crippen molar-refractivity contribution >= 4 is 21.8 Å². The Hall–Kier alpha value is -1.69. The molecule has 0 N–H and O–H groups in total. The van der Waals surface area contributed by atoms with Gasteiger partial charge in [-0.05, 0) is 34.1 Å². The molecule has 19 heavy (non-hydrogen) atoms. The SMILES string of the molecule is CN(Cc1cnn(C)c1)C(=O)c1cc(F)ccc1Br. The van der Waals surface area contributed by atoms with E-state index in [9.17, 15) is 9.18 Å². The number of rotatable bonds is 3. The minimum absolute atomic E-state index is 0.241. The van der Waals surface area contributed by atoms with Crippen LogP contribution in [0.15, 0.2) is 35.1 Å². The summed E-state index contributed by atoms with van der Waals surface area (Å²) >= 11 is 3.26. The number of hydrogen-bond acceptors (Lipinski definition) is 2. The summed E-state index contributed by atoms with van der Waals surface area (Å²) in [5.74, 6) is -0.670. The highest BCUT2D eigenvalue weighted by Gasteiger charge is 2.16. The van der Waals surface area contributed by atoms with Crippen LogP contribution in [0.1, 0.15) is 15.9 Å². The number of aryl methyl sites for hydroxylation is 1. The summed E-state index contributed by atoms with van der Waals surface area (Å²) < 4.78 is 15.4. The standard InChI is InChI=1S/C13H13BrFN3O/c1-17(7-9-6-16-18(2)8-9)13(19)11-5-10(15)3-4-12(11)14/h3-6,8H,7H2,1-2H3. The molecule has 0 atom stereocenters. The molecule has 0 unspecified atom stereocenters. The van der Waals surface area contributed by atoms with Crippen molar-refractivity contribution in [3.63, 3.8) is 0 Å². The maximum absolute atomic E-state index is 13.2. The summed E-state index contributed by atoms with van der Waals surface area (Å²) in [6, 6.07) is 4.06. The van der Waals surface area contributed by atoms with E-state index in [0.717, 1.165) is 5.56 Å². The second kappa shape index (κ2) is 5.52. The van der Waals surface area contributed by atoms with E-state index in [0.29, 0.717) is 16.6 Å². The molecule has 0 saturated carbocycles. The molecule has 0 radical (unpaired) electrons. The summed E-state index contributed by atoms with van der Waals surface area (Å²) in [6.45, 7) is 0.426. The number of carbonyl (C=O) groups excluding carboxylic acids is 1. The molecule has 1 aromatic heterocycles. The van der Waals surface area contributed by atoms with Gasteiger partial charge < -0.3 is 4.90 Å². The Morgan fingerprint density at radius 2 is 2.26 bits per heavy atom. The number of aromatic nitrogens is 2. The van der Waals surface area contributed by atoms with Crippen molar-refractivity contribution in [1.29, 1.82) is 0 Å². The van der Waals surface area contributed by atoms with Gasteiger partial charge in [0, 0.05) is 36.9 Å². The molecule has 4 nitrogen and oxygen atoms in total. The molecule has 0 saturated heterocycles. The predicted octanol–water partition coefficient (Wildman–Crippen LogP) is 2.59. The Labute approximate surface area is 119 Å². The first-order valence-corrected chi connectivity index (χ1v) is 6.44. The van der Waals surface area contributed by atoms with E-state index < -0.39 is 5.82 Å². The van der Waals surface area contributed by atoms with Gasteiger partial charge in [-0.1, -0.05) is 0 Å². The molecule has 0 fully saturated rings. The Balaban J connectivity index is 2.16. The van der Waals surface area contributed by atoms with Gasteiger partial charge in [0.25, 0.3) is 5.91 Å². The fourth-order valence-corrected chi connectivity index (χ4v) is 2.18. The van der Waals surface area contributed by atoms with E-state index in [4.69, 9.17) is 0 Å². The number of amides is 1. The maximum Gasteiger partial charge on any atom is 0.255 e. The van der Waals surface area contributed by atoms with Crippen molar-refractivity contribution < 1.29 is 9.18 Å². The Morgan fingerprint density at radius 3 is 2.89 bits per heavy atom. The van der Waals surface area contributed by atoms with Gasteiger partial charge in [-0.3, -0.25) is 9.48 Å². The van der Waals surface area contributed by atoms with E-state index in [2.05, 4.69) is 21.0 Å². The second-order valence-electron chi connectivity index (χ2n) is 4.31. The average Bonchev–Trinajstić information content (AvgIpc) is 2.77. The molecule has 1 amide bonds. The van der Waals surface area contributed by atoms with Crippen molar-refractivity contribution in [2.75, 3.05) is 7.05 Å². The lowest BCUT2D eigenvalue weighted by Crippen LogP contribution is -2.26. The van der Waals surface area contributed by atoms with Crippen molar-refractivity contribution in [3.05, 3.63) is 52.0 Å². The van der Waals surface area contributed by atoms with Gasteiger partial charge in [0.05, 0.1) is 11.8 Å².